The zero-order valence-corrected chi connectivity index (χ0v) is 24.6. The molecule has 0 fully saturated rings. The van der Waals surface area contributed by atoms with E-state index >= 15 is 0 Å². The molecule has 3 nitrogen and oxygen atoms in total. The van der Waals surface area contributed by atoms with Crippen molar-refractivity contribution in [1.82, 2.24) is 0 Å². The fraction of sp³-hybridized carbons (Fsp3) is 0.184. The number of para-hydroxylation sites is 1. The molecule has 206 valence electrons. The average molecular weight is 538 g/mol. The van der Waals surface area contributed by atoms with Crippen LogP contribution in [0.25, 0.3) is 0 Å². The van der Waals surface area contributed by atoms with Crippen LogP contribution in [0.15, 0.2) is 126 Å². The van der Waals surface area contributed by atoms with Crippen LogP contribution in [0.3, 0.4) is 0 Å². The second kappa shape index (κ2) is 13.1. The van der Waals surface area contributed by atoms with Gasteiger partial charge >= 0.3 is 0 Å². The van der Waals surface area contributed by atoms with Crippen LogP contribution in [0.5, 0.6) is 0 Å². The maximum atomic E-state index is 4.96. The van der Waals surface area contributed by atoms with Crippen molar-refractivity contribution in [3.05, 3.63) is 166 Å². The van der Waals surface area contributed by atoms with Crippen LogP contribution < -0.4 is 9.91 Å². The second-order valence-electron chi connectivity index (χ2n) is 11.0. The molecule has 0 atom stereocenters. The molecule has 0 saturated heterocycles. The molecule has 5 aromatic rings. The SMILES string of the molecule is Cc1ccc(CN(Cc2ccc(C)cc2)c2ccc(/C=N/N(Cc3ccc(C)cc3)c3ccccc3)c(C)c2)cc1. The minimum atomic E-state index is 0.707. The molecule has 41 heavy (non-hydrogen) atoms. The van der Waals surface area contributed by atoms with Gasteiger partial charge in [0.2, 0.25) is 0 Å². The Morgan fingerprint density at radius 2 is 1.00 bits per heavy atom. The minimum Gasteiger partial charge on any atom is -0.363 e. The van der Waals surface area contributed by atoms with Crippen molar-refractivity contribution in [3.8, 4) is 0 Å². The number of anilines is 2. The Hall–Kier alpha value is -4.63. The summed E-state index contributed by atoms with van der Waals surface area (Å²) in [7, 11) is 0. The molecular weight excluding hydrogens is 498 g/mol. The molecule has 0 saturated carbocycles. The van der Waals surface area contributed by atoms with E-state index in [4.69, 9.17) is 5.10 Å². The van der Waals surface area contributed by atoms with Crippen LogP contribution in [0, 0.1) is 27.7 Å². The second-order valence-corrected chi connectivity index (χ2v) is 11.0. The van der Waals surface area contributed by atoms with E-state index in [0.717, 1.165) is 24.3 Å². The van der Waals surface area contributed by atoms with Crippen molar-refractivity contribution in [3.63, 3.8) is 0 Å². The van der Waals surface area contributed by atoms with Gasteiger partial charge in [0.15, 0.2) is 0 Å². The van der Waals surface area contributed by atoms with E-state index < -0.39 is 0 Å². The largest absolute Gasteiger partial charge is 0.363 e. The van der Waals surface area contributed by atoms with Crippen LogP contribution in [0.2, 0.25) is 0 Å². The molecule has 3 heteroatoms. The quantitative estimate of drug-likeness (QED) is 0.131. The van der Waals surface area contributed by atoms with Gasteiger partial charge in [-0.1, -0.05) is 114 Å². The Bertz CT molecular complexity index is 1520. The molecule has 0 radical (unpaired) electrons. The topological polar surface area (TPSA) is 18.8 Å². The van der Waals surface area contributed by atoms with Gasteiger partial charge in [-0.3, -0.25) is 5.01 Å². The maximum absolute atomic E-state index is 4.96. The minimum absolute atomic E-state index is 0.707. The molecule has 5 rings (SSSR count). The van der Waals surface area contributed by atoms with Crippen molar-refractivity contribution in [1.29, 1.82) is 0 Å². The summed E-state index contributed by atoms with van der Waals surface area (Å²) in [5, 5.41) is 7.03. The normalized spacial score (nSPS) is 11.1. The van der Waals surface area contributed by atoms with Gasteiger partial charge in [-0.15, -0.1) is 0 Å². The smallest absolute Gasteiger partial charge is 0.0666 e. The van der Waals surface area contributed by atoms with Gasteiger partial charge in [-0.2, -0.15) is 5.10 Å². The fourth-order valence-corrected chi connectivity index (χ4v) is 4.86. The molecule has 0 aliphatic heterocycles. The van der Waals surface area contributed by atoms with E-state index in [1.807, 2.05) is 12.3 Å². The Morgan fingerprint density at radius 1 is 0.512 bits per heavy atom. The van der Waals surface area contributed by atoms with E-state index in [1.165, 1.54) is 44.6 Å². The number of aryl methyl sites for hydroxylation is 4. The summed E-state index contributed by atoms with van der Waals surface area (Å²) in [6.45, 7) is 11.0. The Kier molecular flexibility index (Phi) is 8.95. The van der Waals surface area contributed by atoms with Gasteiger partial charge in [-0.25, -0.2) is 0 Å². The molecule has 0 aromatic heterocycles. The van der Waals surface area contributed by atoms with Crippen molar-refractivity contribution >= 4 is 17.6 Å². The summed E-state index contributed by atoms with van der Waals surface area (Å²) in [5.41, 5.74) is 12.3. The number of nitrogens with zero attached hydrogens (tertiary/aromatic N) is 3. The molecule has 0 aliphatic carbocycles. The summed E-state index contributed by atoms with van der Waals surface area (Å²) in [4.78, 5) is 2.46. The highest BCUT2D eigenvalue weighted by molar-refractivity contribution is 5.83. The first-order chi connectivity index (χ1) is 19.9. The first-order valence-corrected chi connectivity index (χ1v) is 14.3. The van der Waals surface area contributed by atoms with Crippen LogP contribution >= 0.6 is 0 Å². The number of rotatable bonds is 10. The van der Waals surface area contributed by atoms with Crippen molar-refractivity contribution in [2.24, 2.45) is 5.10 Å². The number of hydrogen-bond acceptors (Lipinski definition) is 3. The van der Waals surface area contributed by atoms with Gasteiger partial charge in [0.25, 0.3) is 0 Å². The third kappa shape index (κ3) is 7.73. The molecule has 0 amide bonds. The standard InChI is InChI=1S/C38H39N3/c1-29-10-16-33(17-11-29)26-40(27-34-18-12-30(2)13-19-34)38-23-22-36(32(4)24-38)25-39-41(37-8-6-5-7-9-37)28-35-20-14-31(3)15-21-35/h5-25H,26-28H2,1-4H3/b39-25+. The van der Waals surface area contributed by atoms with Gasteiger partial charge < -0.3 is 4.90 Å². The molecule has 0 unspecified atom stereocenters. The lowest BCUT2D eigenvalue weighted by Crippen LogP contribution is -2.22. The summed E-state index contributed by atoms with van der Waals surface area (Å²) in [5.74, 6) is 0. The number of hydrazone groups is 1. The molecule has 0 bridgehead atoms. The summed E-state index contributed by atoms with van der Waals surface area (Å²) >= 11 is 0. The number of hydrogen-bond donors (Lipinski definition) is 0. The highest BCUT2D eigenvalue weighted by Crippen LogP contribution is 2.24. The van der Waals surface area contributed by atoms with Gasteiger partial charge in [0.05, 0.1) is 18.4 Å². The van der Waals surface area contributed by atoms with Crippen LogP contribution in [-0.2, 0) is 19.6 Å². The van der Waals surface area contributed by atoms with E-state index in [9.17, 15) is 0 Å². The first kappa shape index (κ1) is 27.9. The molecular formula is C38H39N3. The van der Waals surface area contributed by atoms with Crippen LogP contribution in [0.1, 0.15) is 44.5 Å². The zero-order chi connectivity index (χ0) is 28.6. The monoisotopic (exact) mass is 537 g/mol. The van der Waals surface area contributed by atoms with Gasteiger partial charge in [0, 0.05) is 18.8 Å². The van der Waals surface area contributed by atoms with Crippen molar-refractivity contribution in [2.45, 2.75) is 47.3 Å². The summed E-state index contributed by atoms with van der Waals surface area (Å²) in [6.07, 6.45) is 1.99. The van der Waals surface area contributed by atoms with E-state index in [0.29, 0.717) is 6.54 Å². The summed E-state index contributed by atoms with van der Waals surface area (Å²) in [6, 6.07) is 43.5. The predicted octanol–water partition coefficient (Wildman–Crippen LogP) is 9.17. The molecule has 0 spiro atoms. The van der Waals surface area contributed by atoms with Crippen molar-refractivity contribution in [2.75, 3.05) is 9.91 Å². The lowest BCUT2D eigenvalue weighted by Gasteiger charge is -2.26. The highest BCUT2D eigenvalue weighted by Gasteiger charge is 2.11. The van der Waals surface area contributed by atoms with Gasteiger partial charge in [0.1, 0.15) is 0 Å². The van der Waals surface area contributed by atoms with E-state index in [2.05, 4.69) is 153 Å². The lowest BCUT2D eigenvalue weighted by molar-refractivity contribution is 0.799. The Morgan fingerprint density at radius 3 is 1.49 bits per heavy atom. The van der Waals surface area contributed by atoms with Crippen LogP contribution in [-0.4, -0.2) is 6.21 Å². The Balaban J connectivity index is 1.40. The fourth-order valence-electron chi connectivity index (χ4n) is 4.86. The maximum Gasteiger partial charge on any atom is 0.0666 e. The van der Waals surface area contributed by atoms with E-state index in [1.54, 1.807) is 0 Å². The zero-order valence-electron chi connectivity index (χ0n) is 24.6. The van der Waals surface area contributed by atoms with Crippen LogP contribution in [0.4, 0.5) is 11.4 Å². The number of benzene rings is 5. The van der Waals surface area contributed by atoms with Gasteiger partial charge in [-0.05, 0) is 79.8 Å². The van der Waals surface area contributed by atoms with E-state index in [-0.39, 0.29) is 0 Å². The average Bonchev–Trinajstić information content (AvgIpc) is 2.99. The third-order valence-corrected chi connectivity index (χ3v) is 7.45. The lowest BCUT2D eigenvalue weighted by atomic mass is 10.1. The predicted molar refractivity (Wildman–Crippen MR) is 175 cm³/mol. The van der Waals surface area contributed by atoms with Crippen molar-refractivity contribution < 1.29 is 0 Å². The first-order valence-electron chi connectivity index (χ1n) is 14.3. The Labute approximate surface area is 245 Å². The molecule has 0 aliphatic rings. The molecule has 0 N–H and O–H groups in total. The molecule has 5 aromatic carbocycles. The summed E-state index contributed by atoms with van der Waals surface area (Å²) < 4.78 is 0. The third-order valence-electron chi connectivity index (χ3n) is 7.45. The highest BCUT2D eigenvalue weighted by atomic mass is 15.4. The molecule has 0 heterocycles.